The van der Waals surface area contributed by atoms with Gasteiger partial charge in [-0.3, -0.25) is 0 Å². The van der Waals surface area contributed by atoms with E-state index >= 15 is 0 Å². The lowest BCUT2D eigenvalue weighted by Gasteiger charge is -2.26. The summed E-state index contributed by atoms with van der Waals surface area (Å²) in [4.78, 5) is 11.6. The SMILES string of the molecule is O=C(O)[C@@]1(NS(=O)(=O)c2ccc(OC(F)(F)F)cc2)CCc2ccccc21. The third kappa shape index (κ3) is 3.76. The molecule has 6 nitrogen and oxygen atoms in total. The molecule has 0 amide bonds. The molecule has 0 radical (unpaired) electrons. The summed E-state index contributed by atoms with van der Waals surface area (Å²) in [7, 11) is -4.32. The standard InChI is InChI=1S/C17H14F3NO5S/c18-17(19,20)26-12-5-7-13(8-6-12)27(24,25)21-16(15(22)23)10-9-11-3-1-2-4-14(11)16/h1-8,21H,9-10H2,(H,22,23)/t16-/m1/s1. The second-order valence-corrected chi connectivity index (χ2v) is 7.67. The topological polar surface area (TPSA) is 92.7 Å². The van der Waals surface area contributed by atoms with Crippen LogP contribution in [0.4, 0.5) is 13.2 Å². The lowest BCUT2D eigenvalue weighted by Crippen LogP contribution is -2.50. The number of aliphatic carboxylic acids is 1. The number of nitrogens with one attached hydrogen (secondary N) is 1. The van der Waals surface area contributed by atoms with Gasteiger partial charge in [-0.15, -0.1) is 13.2 Å². The molecule has 0 spiro atoms. The highest BCUT2D eigenvalue weighted by Gasteiger charge is 2.48. The molecule has 3 rings (SSSR count). The molecule has 0 bridgehead atoms. The maximum atomic E-state index is 12.7. The lowest BCUT2D eigenvalue weighted by atomic mass is 9.93. The van der Waals surface area contributed by atoms with Gasteiger partial charge in [0, 0.05) is 0 Å². The molecule has 1 aliphatic rings. The number of hydrogen-bond donors (Lipinski definition) is 2. The lowest BCUT2D eigenvalue weighted by molar-refractivity contribution is -0.274. The van der Waals surface area contributed by atoms with E-state index in [1.165, 1.54) is 0 Å². The van der Waals surface area contributed by atoms with E-state index in [1.807, 2.05) is 0 Å². The van der Waals surface area contributed by atoms with Crippen LogP contribution in [0, 0.1) is 0 Å². The van der Waals surface area contributed by atoms with Crippen LogP contribution in [0.15, 0.2) is 53.4 Å². The maximum Gasteiger partial charge on any atom is 0.573 e. The van der Waals surface area contributed by atoms with Crippen molar-refractivity contribution in [3.8, 4) is 5.75 Å². The number of alkyl halides is 3. The Morgan fingerprint density at radius 2 is 1.74 bits per heavy atom. The van der Waals surface area contributed by atoms with E-state index in [0.29, 0.717) is 12.0 Å². The van der Waals surface area contributed by atoms with Gasteiger partial charge in [-0.25, -0.2) is 13.2 Å². The van der Waals surface area contributed by atoms with Gasteiger partial charge in [0.05, 0.1) is 4.90 Å². The van der Waals surface area contributed by atoms with Gasteiger partial charge in [0.1, 0.15) is 5.75 Å². The van der Waals surface area contributed by atoms with Crippen molar-refractivity contribution in [2.75, 3.05) is 0 Å². The molecule has 2 aromatic rings. The quantitative estimate of drug-likeness (QED) is 0.804. The number of fused-ring (bicyclic) bond motifs is 1. The maximum absolute atomic E-state index is 12.7. The normalized spacial score (nSPS) is 19.5. The Balaban J connectivity index is 1.92. The Kier molecular flexibility index (Phi) is 4.64. The fourth-order valence-corrected chi connectivity index (χ4v) is 4.46. The number of benzene rings is 2. The average molecular weight is 401 g/mol. The molecular formula is C17H14F3NO5S. The molecule has 2 aromatic carbocycles. The van der Waals surface area contributed by atoms with E-state index in [-0.39, 0.29) is 11.3 Å². The van der Waals surface area contributed by atoms with Crippen LogP contribution < -0.4 is 9.46 Å². The number of carboxylic acids is 1. The second-order valence-electron chi connectivity index (χ2n) is 5.99. The molecule has 0 aliphatic heterocycles. The molecule has 27 heavy (non-hydrogen) atoms. The summed E-state index contributed by atoms with van der Waals surface area (Å²) in [5, 5.41) is 9.72. The van der Waals surface area contributed by atoms with E-state index in [2.05, 4.69) is 9.46 Å². The van der Waals surface area contributed by atoms with Crippen LogP contribution in [-0.4, -0.2) is 25.9 Å². The molecule has 0 saturated heterocycles. The van der Waals surface area contributed by atoms with Crippen molar-refractivity contribution in [3.63, 3.8) is 0 Å². The van der Waals surface area contributed by atoms with Gasteiger partial charge in [0.15, 0.2) is 5.54 Å². The molecular weight excluding hydrogens is 387 g/mol. The summed E-state index contributed by atoms with van der Waals surface area (Å²) >= 11 is 0. The van der Waals surface area contributed by atoms with E-state index in [4.69, 9.17) is 0 Å². The van der Waals surface area contributed by atoms with Gasteiger partial charge in [0.25, 0.3) is 0 Å². The number of rotatable bonds is 5. The number of hydrogen-bond acceptors (Lipinski definition) is 4. The van der Waals surface area contributed by atoms with Crippen molar-refractivity contribution in [1.82, 2.24) is 4.72 Å². The van der Waals surface area contributed by atoms with Crippen LogP contribution in [0.5, 0.6) is 5.75 Å². The van der Waals surface area contributed by atoms with E-state index in [1.54, 1.807) is 24.3 Å². The van der Waals surface area contributed by atoms with E-state index in [0.717, 1.165) is 29.8 Å². The zero-order valence-electron chi connectivity index (χ0n) is 13.7. The Labute approximate surface area is 152 Å². The Hall–Kier alpha value is -2.59. The highest BCUT2D eigenvalue weighted by Crippen LogP contribution is 2.38. The molecule has 1 aliphatic carbocycles. The van der Waals surface area contributed by atoms with Gasteiger partial charge in [-0.05, 0) is 48.2 Å². The van der Waals surface area contributed by atoms with Gasteiger partial charge in [-0.2, -0.15) is 4.72 Å². The molecule has 2 N–H and O–H groups in total. The fraction of sp³-hybridized carbons (Fsp3) is 0.235. The number of ether oxygens (including phenoxy) is 1. The second kappa shape index (κ2) is 6.54. The van der Waals surface area contributed by atoms with Gasteiger partial charge >= 0.3 is 12.3 Å². The van der Waals surface area contributed by atoms with Crippen molar-refractivity contribution in [1.29, 1.82) is 0 Å². The van der Waals surface area contributed by atoms with E-state index < -0.39 is 33.6 Å². The minimum absolute atomic E-state index is 0.0240. The van der Waals surface area contributed by atoms with Gasteiger partial charge < -0.3 is 9.84 Å². The number of carbonyl (C=O) groups is 1. The third-order valence-corrected chi connectivity index (χ3v) is 5.80. The first kappa shape index (κ1) is 19.2. The number of aryl methyl sites for hydroxylation is 1. The molecule has 144 valence electrons. The largest absolute Gasteiger partial charge is 0.573 e. The minimum atomic E-state index is -4.90. The molecule has 10 heteroatoms. The van der Waals surface area contributed by atoms with Crippen molar-refractivity contribution < 1.29 is 36.2 Å². The van der Waals surface area contributed by atoms with Crippen LogP contribution in [0.1, 0.15) is 17.5 Å². The van der Waals surface area contributed by atoms with Crippen LogP contribution in [0.3, 0.4) is 0 Å². The Morgan fingerprint density at radius 3 is 2.33 bits per heavy atom. The zero-order chi connectivity index (χ0) is 19.9. The van der Waals surface area contributed by atoms with Crippen LogP contribution in [0.25, 0.3) is 0 Å². The summed E-state index contributed by atoms with van der Waals surface area (Å²) in [6.07, 6.45) is -4.50. The number of sulfonamides is 1. The molecule has 0 aromatic heterocycles. The minimum Gasteiger partial charge on any atom is -0.480 e. The highest BCUT2D eigenvalue weighted by molar-refractivity contribution is 7.89. The average Bonchev–Trinajstić information content (AvgIpc) is 2.94. The van der Waals surface area contributed by atoms with Gasteiger partial charge in [-0.1, -0.05) is 24.3 Å². The first-order valence-corrected chi connectivity index (χ1v) is 9.23. The third-order valence-electron chi connectivity index (χ3n) is 4.29. The van der Waals surface area contributed by atoms with Crippen LogP contribution >= 0.6 is 0 Å². The van der Waals surface area contributed by atoms with Crippen molar-refractivity contribution in [2.24, 2.45) is 0 Å². The Bertz CT molecular complexity index is 973. The molecule has 0 heterocycles. The van der Waals surface area contributed by atoms with Crippen molar-refractivity contribution in [3.05, 3.63) is 59.7 Å². The summed E-state index contributed by atoms with van der Waals surface area (Å²) < 4.78 is 67.9. The monoisotopic (exact) mass is 401 g/mol. The number of carboxylic acid groups (broad SMARTS) is 1. The molecule has 0 unspecified atom stereocenters. The smallest absolute Gasteiger partial charge is 0.480 e. The summed E-state index contributed by atoms with van der Waals surface area (Å²) in [6.45, 7) is 0. The van der Waals surface area contributed by atoms with E-state index in [9.17, 15) is 31.5 Å². The molecule has 0 saturated carbocycles. The van der Waals surface area contributed by atoms with Crippen LogP contribution in [-0.2, 0) is 26.8 Å². The summed E-state index contributed by atoms with van der Waals surface area (Å²) in [5.74, 6) is -1.94. The Morgan fingerprint density at radius 1 is 1.11 bits per heavy atom. The summed E-state index contributed by atoms with van der Waals surface area (Å²) in [6, 6.07) is 10.1. The highest BCUT2D eigenvalue weighted by atomic mass is 32.2. The first-order valence-electron chi connectivity index (χ1n) is 7.75. The number of halogens is 3. The predicted molar refractivity (Wildman–Crippen MR) is 87.5 cm³/mol. The molecule has 0 fully saturated rings. The zero-order valence-corrected chi connectivity index (χ0v) is 14.5. The first-order chi connectivity index (χ1) is 12.5. The van der Waals surface area contributed by atoms with Crippen LogP contribution in [0.2, 0.25) is 0 Å². The fourth-order valence-electron chi connectivity index (χ4n) is 3.09. The van der Waals surface area contributed by atoms with Gasteiger partial charge in [0.2, 0.25) is 10.0 Å². The van der Waals surface area contributed by atoms with Crippen molar-refractivity contribution in [2.45, 2.75) is 29.6 Å². The predicted octanol–water partition coefficient (Wildman–Crippen LogP) is 2.79. The molecule has 1 atom stereocenters. The van der Waals surface area contributed by atoms with Crippen molar-refractivity contribution >= 4 is 16.0 Å². The summed E-state index contributed by atoms with van der Waals surface area (Å²) in [5.41, 5.74) is -0.772.